The average molecular weight is 493 g/mol. The Labute approximate surface area is 205 Å². The van der Waals surface area contributed by atoms with Crippen LogP contribution in [0.25, 0.3) is 0 Å². The van der Waals surface area contributed by atoms with Gasteiger partial charge in [0, 0.05) is 35.6 Å². The van der Waals surface area contributed by atoms with Crippen molar-refractivity contribution in [1.82, 2.24) is 25.9 Å². The molecule has 35 heavy (non-hydrogen) atoms. The number of rotatable bonds is 9. The van der Waals surface area contributed by atoms with E-state index >= 15 is 0 Å². The Morgan fingerprint density at radius 1 is 1.06 bits per heavy atom. The molecule has 1 unspecified atom stereocenters. The topological polar surface area (TPSA) is 138 Å². The Hall–Kier alpha value is -3.70. The summed E-state index contributed by atoms with van der Waals surface area (Å²) in [6, 6.07) is 6.51. The number of aromatic amines is 1. The molecule has 2 heterocycles. The summed E-state index contributed by atoms with van der Waals surface area (Å²) in [5.41, 5.74) is 2.27. The van der Waals surface area contributed by atoms with E-state index in [2.05, 4.69) is 25.9 Å². The molecule has 0 fully saturated rings. The van der Waals surface area contributed by atoms with Crippen molar-refractivity contribution in [1.29, 1.82) is 0 Å². The molecule has 0 spiro atoms. The predicted octanol–water partition coefficient (Wildman–Crippen LogP) is 2.05. The first-order valence-electron chi connectivity index (χ1n) is 11.0. The number of aromatic nitrogens is 4. The number of allylic oxidation sites excluding steroid dienone is 4. The summed E-state index contributed by atoms with van der Waals surface area (Å²) in [7, 11) is 0. The normalized spacial score (nSPS) is 17.1. The zero-order chi connectivity index (χ0) is 25.1. The molecule has 11 heteroatoms. The number of tetrazole rings is 1. The maximum atomic E-state index is 12.8. The fourth-order valence-corrected chi connectivity index (χ4v) is 4.80. The maximum Gasteiger partial charge on any atom is 0.258 e. The summed E-state index contributed by atoms with van der Waals surface area (Å²) in [5.74, 6) is -0.0623. The number of ketones is 2. The van der Waals surface area contributed by atoms with Gasteiger partial charge in [0.15, 0.2) is 17.4 Å². The fraction of sp³-hybridized carbons (Fsp3) is 0.292. The number of hydrogen-bond acceptors (Lipinski definition) is 9. The molecule has 1 atom stereocenters. The third-order valence-corrected chi connectivity index (χ3v) is 6.89. The molecule has 0 radical (unpaired) electrons. The number of benzene rings is 1. The summed E-state index contributed by atoms with van der Waals surface area (Å²) in [6.45, 7) is 5.96. The minimum atomic E-state index is -0.420. The number of imide groups is 1. The van der Waals surface area contributed by atoms with Gasteiger partial charge >= 0.3 is 0 Å². The highest BCUT2D eigenvalue weighted by atomic mass is 32.2. The molecule has 2 amide bonds. The number of thioether (sulfide) groups is 1. The van der Waals surface area contributed by atoms with Gasteiger partial charge in [-0.3, -0.25) is 19.2 Å². The molecule has 10 nitrogen and oxygen atoms in total. The lowest BCUT2D eigenvalue weighted by Crippen LogP contribution is -2.30. The Kier molecular flexibility index (Phi) is 7.17. The molecule has 2 aromatic rings. The number of nitrogens with one attached hydrogen (secondary N) is 2. The van der Waals surface area contributed by atoms with E-state index in [1.54, 1.807) is 31.2 Å². The summed E-state index contributed by atoms with van der Waals surface area (Å²) in [6.07, 6.45) is 3.92. The molecule has 0 saturated heterocycles. The zero-order valence-electron chi connectivity index (χ0n) is 19.4. The molecular weight excluding hydrogens is 468 g/mol. The highest BCUT2D eigenvalue weighted by molar-refractivity contribution is 8.04. The Morgan fingerprint density at radius 2 is 1.74 bits per heavy atom. The summed E-state index contributed by atoms with van der Waals surface area (Å²) >= 11 is 1.35. The molecule has 2 aliphatic rings. The first-order valence-corrected chi connectivity index (χ1v) is 12.0. The molecule has 1 aliphatic heterocycles. The van der Waals surface area contributed by atoms with E-state index in [-0.39, 0.29) is 29.3 Å². The Balaban J connectivity index is 1.44. The third kappa shape index (κ3) is 5.05. The number of Topliss-reactive ketones (excluding diaryl/α,β-unsaturated/α-hetero) is 1. The monoisotopic (exact) mass is 492 g/mol. The Morgan fingerprint density at radius 3 is 2.34 bits per heavy atom. The molecule has 4 rings (SSSR count). The average Bonchev–Trinajstić information content (AvgIpc) is 3.48. The molecule has 1 aliphatic carbocycles. The number of H-pyrrole nitrogens is 1. The standard InChI is InChI=1S/C24H24N6O4S/c1-13(2)17-12-18(31)14(3)23(22(17)34)35-11-10-25-21(24-26-28-29-27-24)15-4-6-16(7-5-15)30-19(32)8-9-20(30)33/h4-9,12-13,21,25H,10-11H2,1-3H3,(H,26,27,28,29). The Bertz CT molecular complexity index is 1240. The van der Waals surface area contributed by atoms with Crippen LogP contribution in [0.1, 0.15) is 38.2 Å². The van der Waals surface area contributed by atoms with Gasteiger partial charge in [0.2, 0.25) is 0 Å². The summed E-state index contributed by atoms with van der Waals surface area (Å²) < 4.78 is 0. The van der Waals surface area contributed by atoms with Gasteiger partial charge in [0.05, 0.1) is 16.6 Å². The van der Waals surface area contributed by atoms with E-state index in [1.807, 2.05) is 13.8 Å². The van der Waals surface area contributed by atoms with Crippen LogP contribution in [0.4, 0.5) is 5.69 Å². The van der Waals surface area contributed by atoms with Crippen molar-refractivity contribution in [2.24, 2.45) is 5.92 Å². The number of nitrogens with zero attached hydrogens (tertiary/aromatic N) is 4. The van der Waals surface area contributed by atoms with Gasteiger partial charge in [-0.05, 0) is 36.6 Å². The second-order valence-electron chi connectivity index (χ2n) is 8.34. The highest BCUT2D eigenvalue weighted by Gasteiger charge is 2.28. The van der Waals surface area contributed by atoms with Crippen molar-refractivity contribution < 1.29 is 19.2 Å². The summed E-state index contributed by atoms with van der Waals surface area (Å²) in [4.78, 5) is 50.6. The van der Waals surface area contributed by atoms with E-state index < -0.39 is 6.04 Å². The van der Waals surface area contributed by atoms with Crippen LogP contribution in [-0.4, -0.2) is 56.3 Å². The minimum Gasteiger partial charge on any atom is -0.303 e. The van der Waals surface area contributed by atoms with Crippen molar-refractivity contribution in [3.05, 3.63) is 69.9 Å². The second kappa shape index (κ2) is 10.3. The number of amides is 2. The number of anilines is 1. The van der Waals surface area contributed by atoms with Crippen molar-refractivity contribution in [3.8, 4) is 0 Å². The van der Waals surface area contributed by atoms with Crippen LogP contribution in [0.3, 0.4) is 0 Å². The van der Waals surface area contributed by atoms with Crippen molar-refractivity contribution >= 4 is 40.8 Å². The predicted molar refractivity (Wildman–Crippen MR) is 130 cm³/mol. The van der Waals surface area contributed by atoms with Gasteiger partial charge in [-0.25, -0.2) is 4.90 Å². The highest BCUT2D eigenvalue weighted by Crippen LogP contribution is 2.31. The van der Waals surface area contributed by atoms with E-state index in [1.165, 1.54) is 30.0 Å². The van der Waals surface area contributed by atoms with Crippen molar-refractivity contribution in [2.75, 3.05) is 17.2 Å². The fourth-order valence-electron chi connectivity index (χ4n) is 3.81. The van der Waals surface area contributed by atoms with E-state index in [0.29, 0.717) is 39.9 Å². The van der Waals surface area contributed by atoms with Crippen LogP contribution in [0.2, 0.25) is 0 Å². The summed E-state index contributed by atoms with van der Waals surface area (Å²) in [5, 5.41) is 17.6. The largest absolute Gasteiger partial charge is 0.303 e. The van der Waals surface area contributed by atoms with Gasteiger partial charge in [-0.2, -0.15) is 5.21 Å². The van der Waals surface area contributed by atoms with Gasteiger partial charge in [0.25, 0.3) is 11.8 Å². The molecule has 180 valence electrons. The molecule has 0 saturated carbocycles. The first-order chi connectivity index (χ1) is 16.8. The smallest absolute Gasteiger partial charge is 0.258 e. The first kappa shape index (κ1) is 24.4. The SMILES string of the molecule is CC1=C(SCCNC(c2ccc(N3C(=O)C=CC3=O)cc2)c2nn[nH]n2)C(=O)C(C(C)C)=CC1=O. The number of carbonyl (C=O) groups is 4. The lowest BCUT2D eigenvalue weighted by molar-refractivity contribution is -0.120. The molecule has 1 aromatic heterocycles. The minimum absolute atomic E-state index is 0.0270. The van der Waals surface area contributed by atoms with Gasteiger partial charge < -0.3 is 5.32 Å². The number of hydrogen-bond donors (Lipinski definition) is 2. The third-order valence-electron chi connectivity index (χ3n) is 5.70. The molecular formula is C24H24N6O4S. The quantitative estimate of drug-likeness (QED) is 0.306. The van der Waals surface area contributed by atoms with Crippen LogP contribution in [0.15, 0.2) is 58.5 Å². The van der Waals surface area contributed by atoms with Crippen LogP contribution >= 0.6 is 11.8 Å². The maximum absolute atomic E-state index is 12.8. The van der Waals surface area contributed by atoms with Gasteiger partial charge in [-0.15, -0.1) is 22.0 Å². The lowest BCUT2D eigenvalue weighted by Gasteiger charge is -2.20. The van der Waals surface area contributed by atoms with Crippen LogP contribution in [0.5, 0.6) is 0 Å². The number of carbonyl (C=O) groups excluding carboxylic acids is 4. The van der Waals surface area contributed by atoms with Crippen LogP contribution in [0, 0.1) is 5.92 Å². The van der Waals surface area contributed by atoms with Crippen LogP contribution in [-0.2, 0) is 19.2 Å². The van der Waals surface area contributed by atoms with Crippen molar-refractivity contribution in [3.63, 3.8) is 0 Å². The zero-order valence-corrected chi connectivity index (χ0v) is 20.3. The van der Waals surface area contributed by atoms with Gasteiger partial charge in [-0.1, -0.05) is 31.2 Å². The molecule has 1 aromatic carbocycles. The molecule has 0 bridgehead atoms. The van der Waals surface area contributed by atoms with E-state index in [9.17, 15) is 19.2 Å². The van der Waals surface area contributed by atoms with E-state index in [0.717, 1.165) is 10.5 Å². The van der Waals surface area contributed by atoms with E-state index in [4.69, 9.17) is 0 Å². The van der Waals surface area contributed by atoms with Crippen molar-refractivity contribution in [2.45, 2.75) is 26.8 Å². The van der Waals surface area contributed by atoms with Gasteiger partial charge in [0.1, 0.15) is 0 Å². The van der Waals surface area contributed by atoms with Crippen LogP contribution < -0.4 is 10.2 Å². The second-order valence-corrected chi connectivity index (χ2v) is 9.45. The molecule has 2 N–H and O–H groups in total. The lowest BCUT2D eigenvalue weighted by atomic mass is 9.90.